The number of carbonyl (C=O) groups excluding carboxylic acids is 2. The summed E-state index contributed by atoms with van der Waals surface area (Å²) in [4.78, 5) is 37.7. The fourth-order valence-electron chi connectivity index (χ4n) is 4.21. The maximum atomic E-state index is 13.0. The van der Waals surface area contributed by atoms with Crippen LogP contribution in [0.4, 0.5) is 4.79 Å². The van der Waals surface area contributed by atoms with Gasteiger partial charge >= 0.3 is 11.9 Å². The number of carbonyl (C=O) groups is 2. The van der Waals surface area contributed by atoms with Crippen molar-refractivity contribution < 1.29 is 14.2 Å². The van der Waals surface area contributed by atoms with Crippen molar-refractivity contribution in [3.63, 3.8) is 0 Å². The molecule has 0 radical (unpaired) electrons. The molecule has 0 saturated carbocycles. The first kappa shape index (κ1) is 21.0. The second-order valence-corrected chi connectivity index (χ2v) is 8.43. The Bertz CT molecular complexity index is 905. The summed E-state index contributed by atoms with van der Waals surface area (Å²) in [7, 11) is 3.21. The second kappa shape index (κ2) is 8.45. The molecule has 9 heteroatoms. The smallest absolute Gasteiger partial charge is 0.301 e. The topological polar surface area (TPSA) is 62.5 Å². The molecule has 0 aliphatic carbocycles. The Morgan fingerprint density at radius 3 is 2.30 bits per heavy atom. The molecule has 0 aromatic heterocycles. The Kier molecular flexibility index (Phi) is 5.90. The summed E-state index contributed by atoms with van der Waals surface area (Å²) in [6, 6.07) is 6.69. The van der Waals surface area contributed by atoms with Gasteiger partial charge in [-0.2, -0.15) is 0 Å². The second-order valence-electron chi connectivity index (χ2n) is 7.99. The largest absolute Gasteiger partial charge is 0.333 e. The number of nitrogens with zero attached hydrogens (tertiary/aromatic N) is 6. The van der Waals surface area contributed by atoms with Crippen molar-refractivity contribution in [2.75, 3.05) is 53.4 Å². The van der Waals surface area contributed by atoms with E-state index in [0.717, 1.165) is 44.1 Å². The van der Waals surface area contributed by atoms with Gasteiger partial charge in [-0.15, -0.1) is 0 Å². The van der Waals surface area contributed by atoms with E-state index in [9.17, 15) is 9.59 Å². The molecule has 1 atom stereocenters. The number of aliphatic imine (C=N–C) groups is 1. The quantitative estimate of drug-likeness (QED) is 0.657. The van der Waals surface area contributed by atoms with E-state index >= 15 is 0 Å². The summed E-state index contributed by atoms with van der Waals surface area (Å²) in [6.45, 7) is 8.41. The van der Waals surface area contributed by atoms with Gasteiger partial charge in [0.15, 0.2) is 0 Å². The first-order valence-electron chi connectivity index (χ1n) is 10.3. The Balaban J connectivity index is 1.64. The van der Waals surface area contributed by atoms with Crippen LogP contribution in [-0.2, 0) is 11.3 Å². The maximum Gasteiger partial charge on any atom is 0.333 e. The van der Waals surface area contributed by atoms with Gasteiger partial charge in [0.25, 0.3) is 17.8 Å². The van der Waals surface area contributed by atoms with Crippen molar-refractivity contribution in [3.8, 4) is 0 Å². The molecule has 0 bridgehead atoms. The third-order valence-corrected chi connectivity index (χ3v) is 6.41. The van der Waals surface area contributed by atoms with E-state index in [1.807, 2.05) is 28.8 Å². The number of urea groups is 1. The average molecular weight is 432 g/mol. The molecule has 3 heterocycles. The first-order chi connectivity index (χ1) is 14.4. The lowest BCUT2D eigenvalue weighted by Crippen LogP contribution is -2.61. The number of imide groups is 1. The molecule has 3 aliphatic rings. The van der Waals surface area contributed by atoms with Crippen LogP contribution in [0, 0.1) is 0 Å². The minimum absolute atomic E-state index is 0.239. The Morgan fingerprint density at radius 1 is 1.03 bits per heavy atom. The average Bonchev–Trinajstić information content (AvgIpc) is 3.11. The number of rotatable bonds is 5. The predicted octanol–water partition coefficient (Wildman–Crippen LogP) is 1.19. The van der Waals surface area contributed by atoms with Gasteiger partial charge in [0.05, 0.1) is 0 Å². The maximum absolute atomic E-state index is 13.0. The van der Waals surface area contributed by atoms with Gasteiger partial charge in [-0.1, -0.05) is 30.7 Å². The molecule has 1 unspecified atom stereocenters. The molecule has 2 fully saturated rings. The third-order valence-electron chi connectivity index (χ3n) is 6.16. The molecule has 3 amide bonds. The number of amides is 3. The van der Waals surface area contributed by atoms with Crippen LogP contribution in [0.2, 0.25) is 5.02 Å². The van der Waals surface area contributed by atoms with Crippen LogP contribution in [0.5, 0.6) is 0 Å². The Labute approximate surface area is 182 Å². The van der Waals surface area contributed by atoms with Crippen LogP contribution in [0.3, 0.4) is 0 Å². The van der Waals surface area contributed by atoms with Gasteiger partial charge < -0.3 is 4.90 Å². The number of piperazine rings is 1. The zero-order valence-electron chi connectivity index (χ0n) is 17.7. The van der Waals surface area contributed by atoms with Gasteiger partial charge in [-0.25, -0.2) is 9.37 Å². The van der Waals surface area contributed by atoms with E-state index in [1.165, 1.54) is 16.8 Å². The van der Waals surface area contributed by atoms with Crippen LogP contribution in [0.25, 0.3) is 0 Å². The van der Waals surface area contributed by atoms with Crippen molar-refractivity contribution in [1.29, 1.82) is 0 Å². The molecule has 0 spiro atoms. The molecule has 160 valence electrons. The zero-order valence-corrected chi connectivity index (χ0v) is 18.5. The fourth-order valence-corrected chi connectivity index (χ4v) is 4.33. The summed E-state index contributed by atoms with van der Waals surface area (Å²) in [5.41, 5.74) is 1.04. The van der Waals surface area contributed by atoms with Crippen LogP contribution < -0.4 is 0 Å². The predicted molar refractivity (Wildman–Crippen MR) is 116 cm³/mol. The summed E-state index contributed by atoms with van der Waals surface area (Å²) in [5.74, 6) is 1.11. The number of amidine groups is 2. The lowest BCUT2D eigenvalue weighted by Gasteiger charge is -2.33. The molecular weight excluding hydrogens is 404 g/mol. The summed E-state index contributed by atoms with van der Waals surface area (Å²) < 4.78 is 2.03. The molecule has 3 aliphatic heterocycles. The van der Waals surface area contributed by atoms with E-state index in [4.69, 9.17) is 16.6 Å². The number of fused-ring (bicyclic) bond motifs is 1. The highest BCUT2D eigenvalue weighted by atomic mass is 35.5. The standard InChI is InChI=1S/C21H28ClN6O2/c1-4-26-9-11-27(12-10-26)14-17-23-19-18(20(29)25(3)21(30)24(19)2)28(17)13-15-5-7-16(22)8-6-15/h5-8,18H,4,9-14H2,1-3H3/q+1. The highest BCUT2D eigenvalue weighted by Crippen LogP contribution is 2.22. The molecule has 0 N–H and O–H groups in total. The zero-order chi connectivity index (χ0) is 21.4. The molecule has 30 heavy (non-hydrogen) atoms. The molecule has 1 aromatic rings. The number of hydrogen-bond acceptors (Lipinski definition) is 5. The fraction of sp³-hybridized carbons (Fsp3) is 0.524. The van der Waals surface area contributed by atoms with Crippen LogP contribution in [-0.4, -0.2) is 107 Å². The van der Waals surface area contributed by atoms with Crippen molar-refractivity contribution in [2.45, 2.75) is 19.5 Å². The Morgan fingerprint density at radius 2 is 1.67 bits per heavy atom. The van der Waals surface area contributed by atoms with E-state index in [0.29, 0.717) is 23.9 Å². The molecule has 2 saturated heterocycles. The SMILES string of the molecule is CCN1CCN(CC2=[N+](Cc3ccc(Cl)cc3)C3C(=O)N(C)C(=O)N(C)C3=N2)CC1. The van der Waals surface area contributed by atoms with Crippen molar-refractivity contribution in [3.05, 3.63) is 34.9 Å². The monoisotopic (exact) mass is 431 g/mol. The normalized spacial score (nSPS) is 23.3. The van der Waals surface area contributed by atoms with Crippen LogP contribution >= 0.6 is 11.6 Å². The molecule has 4 rings (SSSR count). The summed E-state index contributed by atoms with van der Waals surface area (Å²) >= 11 is 6.04. The van der Waals surface area contributed by atoms with Crippen molar-refractivity contribution in [1.82, 2.24) is 19.6 Å². The molecule has 8 nitrogen and oxygen atoms in total. The number of hydrogen-bond donors (Lipinski definition) is 0. The van der Waals surface area contributed by atoms with Gasteiger partial charge in [0.2, 0.25) is 0 Å². The van der Waals surface area contributed by atoms with Gasteiger partial charge in [-0.05, 0) is 29.2 Å². The van der Waals surface area contributed by atoms with E-state index < -0.39 is 6.04 Å². The lowest BCUT2D eigenvalue weighted by atomic mass is 10.1. The molecular formula is C21H28ClN6O2+. The molecule has 1 aromatic carbocycles. The van der Waals surface area contributed by atoms with E-state index in [1.54, 1.807) is 7.05 Å². The summed E-state index contributed by atoms with van der Waals surface area (Å²) in [6.07, 6.45) is 0. The lowest BCUT2D eigenvalue weighted by molar-refractivity contribution is -0.552. The minimum Gasteiger partial charge on any atom is -0.301 e. The number of likely N-dealkylation sites (N-methyl/N-ethyl adjacent to an activating group) is 3. The van der Waals surface area contributed by atoms with Gasteiger partial charge in [0.1, 0.15) is 13.1 Å². The number of benzene rings is 1. The van der Waals surface area contributed by atoms with Gasteiger partial charge in [-0.3, -0.25) is 19.5 Å². The van der Waals surface area contributed by atoms with Crippen molar-refractivity contribution in [2.24, 2.45) is 4.99 Å². The minimum atomic E-state index is -0.583. The van der Waals surface area contributed by atoms with Crippen LogP contribution in [0.15, 0.2) is 29.3 Å². The van der Waals surface area contributed by atoms with Gasteiger partial charge in [0, 0.05) is 45.3 Å². The highest BCUT2D eigenvalue weighted by molar-refractivity contribution is 6.30. The van der Waals surface area contributed by atoms with E-state index in [-0.39, 0.29) is 11.9 Å². The highest BCUT2D eigenvalue weighted by Gasteiger charge is 2.53. The summed E-state index contributed by atoms with van der Waals surface area (Å²) in [5, 5.41) is 0.675. The number of halogens is 1. The Hall–Kier alpha value is -2.29. The first-order valence-corrected chi connectivity index (χ1v) is 10.7. The van der Waals surface area contributed by atoms with Crippen LogP contribution in [0.1, 0.15) is 12.5 Å². The van der Waals surface area contributed by atoms with Crippen molar-refractivity contribution >= 4 is 35.2 Å². The van der Waals surface area contributed by atoms with E-state index in [2.05, 4.69) is 16.7 Å². The third kappa shape index (κ3) is 3.87.